The number of ether oxygens (including phenoxy) is 1. The molecule has 2 aliphatic rings. The highest BCUT2D eigenvalue weighted by molar-refractivity contribution is 8.01. The van der Waals surface area contributed by atoms with Gasteiger partial charge in [-0.2, -0.15) is 0 Å². The summed E-state index contributed by atoms with van der Waals surface area (Å²) in [7, 11) is 0. The lowest BCUT2D eigenvalue weighted by Crippen LogP contribution is -2.36. The topological polar surface area (TPSA) is 84.5 Å². The predicted octanol–water partition coefficient (Wildman–Crippen LogP) is 3.53. The normalized spacial score (nSPS) is 18.7. The Morgan fingerprint density at radius 3 is 2.70 bits per heavy atom. The second-order valence-electron chi connectivity index (χ2n) is 7.52. The molecule has 156 valence electrons. The summed E-state index contributed by atoms with van der Waals surface area (Å²) in [6.07, 6.45) is 1.94. The van der Waals surface area contributed by atoms with Crippen molar-refractivity contribution in [1.82, 2.24) is 5.32 Å². The molecule has 2 aromatic rings. The van der Waals surface area contributed by atoms with E-state index in [2.05, 4.69) is 22.8 Å². The van der Waals surface area contributed by atoms with Crippen molar-refractivity contribution in [3.05, 3.63) is 59.1 Å². The molecule has 0 spiro atoms. The number of fused-ring (bicyclic) bond motifs is 1. The minimum Gasteiger partial charge on any atom is -0.456 e. The van der Waals surface area contributed by atoms with E-state index >= 15 is 0 Å². The van der Waals surface area contributed by atoms with Gasteiger partial charge < -0.3 is 15.4 Å². The van der Waals surface area contributed by atoms with E-state index in [-0.39, 0.29) is 30.3 Å². The van der Waals surface area contributed by atoms with Crippen molar-refractivity contribution in [3.8, 4) is 0 Å². The molecule has 0 aromatic heterocycles. The van der Waals surface area contributed by atoms with Gasteiger partial charge in [0.2, 0.25) is 5.91 Å². The number of hydrogen-bond donors (Lipinski definition) is 2. The summed E-state index contributed by atoms with van der Waals surface area (Å²) < 4.78 is 5.09. The number of rotatable bonds is 7. The maximum atomic E-state index is 12.2. The van der Waals surface area contributed by atoms with Gasteiger partial charge in [0.15, 0.2) is 6.61 Å². The maximum Gasteiger partial charge on any atom is 0.307 e. The first-order valence-electron chi connectivity index (χ1n) is 9.70. The van der Waals surface area contributed by atoms with Gasteiger partial charge in [-0.15, -0.1) is 11.8 Å². The van der Waals surface area contributed by atoms with Crippen LogP contribution in [0.2, 0.25) is 5.02 Å². The van der Waals surface area contributed by atoms with Crippen molar-refractivity contribution in [2.75, 3.05) is 18.5 Å². The molecular weight excluding hydrogens is 424 g/mol. The number of halogens is 1. The molecule has 1 aliphatic heterocycles. The van der Waals surface area contributed by atoms with Gasteiger partial charge in [0, 0.05) is 21.9 Å². The third-order valence-electron chi connectivity index (χ3n) is 5.34. The average molecular weight is 445 g/mol. The first-order valence-corrected chi connectivity index (χ1v) is 11.0. The van der Waals surface area contributed by atoms with Crippen LogP contribution >= 0.6 is 23.4 Å². The molecule has 0 bridgehead atoms. The molecule has 0 saturated heterocycles. The average Bonchev–Trinajstić information content (AvgIpc) is 3.53. The Morgan fingerprint density at radius 1 is 1.20 bits per heavy atom. The van der Waals surface area contributed by atoms with Crippen LogP contribution < -0.4 is 10.6 Å². The smallest absolute Gasteiger partial charge is 0.307 e. The largest absolute Gasteiger partial charge is 0.456 e. The molecule has 30 heavy (non-hydrogen) atoms. The molecule has 1 fully saturated rings. The second-order valence-corrected chi connectivity index (χ2v) is 9.21. The Labute approximate surface area is 183 Å². The fourth-order valence-electron chi connectivity index (χ4n) is 3.44. The van der Waals surface area contributed by atoms with E-state index < -0.39 is 11.2 Å². The fraction of sp³-hybridized carbons (Fsp3) is 0.318. The zero-order valence-electron chi connectivity index (χ0n) is 16.2. The summed E-state index contributed by atoms with van der Waals surface area (Å²) in [5.74, 6) is -1.21. The third kappa shape index (κ3) is 4.79. The van der Waals surface area contributed by atoms with Crippen LogP contribution in [0.3, 0.4) is 0 Å². The summed E-state index contributed by atoms with van der Waals surface area (Å²) in [6, 6.07) is 15.3. The lowest BCUT2D eigenvalue weighted by Gasteiger charge is -2.23. The lowest BCUT2D eigenvalue weighted by atomic mass is 9.96. The summed E-state index contributed by atoms with van der Waals surface area (Å²) >= 11 is 7.22. The molecule has 1 atom stereocenters. The van der Waals surface area contributed by atoms with E-state index in [1.807, 2.05) is 18.2 Å². The summed E-state index contributed by atoms with van der Waals surface area (Å²) in [5, 5.41) is 5.52. The van der Waals surface area contributed by atoms with Gasteiger partial charge >= 0.3 is 5.97 Å². The van der Waals surface area contributed by atoms with Gasteiger partial charge in [-0.1, -0.05) is 41.9 Å². The number of carbonyl (C=O) groups is 3. The highest BCUT2D eigenvalue weighted by atomic mass is 35.5. The molecule has 1 aliphatic carbocycles. The summed E-state index contributed by atoms with van der Waals surface area (Å²) in [5.41, 5.74) is 1.84. The van der Waals surface area contributed by atoms with Crippen LogP contribution in [-0.4, -0.2) is 36.2 Å². The van der Waals surface area contributed by atoms with E-state index in [9.17, 15) is 14.4 Å². The Hall–Kier alpha value is -2.51. The van der Waals surface area contributed by atoms with Crippen LogP contribution in [0, 0.1) is 0 Å². The van der Waals surface area contributed by atoms with Gasteiger partial charge in [0.05, 0.1) is 17.4 Å². The number of esters is 1. The number of thioether (sulfide) groups is 1. The molecule has 2 amide bonds. The molecule has 8 heteroatoms. The van der Waals surface area contributed by atoms with Gasteiger partial charge in [-0.05, 0) is 36.6 Å². The number of nitrogens with one attached hydrogen (secondary N) is 2. The molecule has 6 nitrogen and oxygen atoms in total. The second kappa shape index (κ2) is 8.70. The number of hydrogen-bond acceptors (Lipinski definition) is 5. The molecule has 1 saturated carbocycles. The van der Waals surface area contributed by atoms with Crippen LogP contribution in [0.1, 0.15) is 24.8 Å². The zero-order valence-corrected chi connectivity index (χ0v) is 17.7. The van der Waals surface area contributed by atoms with E-state index in [4.69, 9.17) is 16.3 Å². The molecular formula is C22H21ClN2O4S. The van der Waals surface area contributed by atoms with Crippen molar-refractivity contribution in [2.45, 2.75) is 34.8 Å². The van der Waals surface area contributed by atoms with E-state index in [0.717, 1.165) is 17.7 Å². The van der Waals surface area contributed by atoms with Crippen molar-refractivity contribution in [3.63, 3.8) is 0 Å². The SMILES string of the molecule is O=C(COC(=O)CC1Sc2ccc(Cl)cc2NC1=O)NCC1(c2ccccc2)CC1. The Balaban J connectivity index is 1.23. The van der Waals surface area contributed by atoms with Crippen LogP contribution in [0.15, 0.2) is 53.4 Å². The predicted molar refractivity (Wildman–Crippen MR) is 116 cm³/mol. The van der Waals surface area contributed by atoms with Gasteiger partial charge in [0.1, 0.15) is 0 Å². The molecule has 1 heterocycles. The minimum atomic E-state index is -0.609. The number of amides is 2. The molecule has 2 N–H and O–H groups in total. The van der Waals surface area contributed by atoms with Crippen molar-refractivity contribution >= 4 is 46.8 Å². The zero-order chi connectivity index (χ0) is 21.1. The van der Waals surface area contributed by atoms with Gasteiger partial charge in [-0.25, -0.2) is 0 Å². The lowest BCUT2D eigenvalue weighted by molar-refractivity contribution is -0.149. The van der Waals surface area contributed by atoms with E-state index in [0.29, 0.717) is 17.3 Å². The molecule has 4 rings (SSSR count). The number of benzene rings is 2. The van der Waals surface area contributed by atoms with Crippen LogP contribution in [0.25, 0.3) is 0 Å². The highest BCUT2D eigenvalue weighted by Crippen LogP contribution is 2.47. The molecule has 1 unspecified atom stereocenters. The van der Waals surface area contributed by atoms with Gasteiger partial charge in [0.25, 0.3) is 5.91 Å². The maximum absolute atomic E-state index is 12.2. The van der Waals surface area contributed by atoms with Crippen molar-refractivity contribution < 1.29 is 19.1 Å². The van der Waals surface area contributed by atoms with Gasteiger partial charge in [-0.3, -0.25) is 14.4 Å². The Bertz CT molecular complexity index is 978. The third-order valence-corrected chi connectivity index (χ3v) is 6.85. The van der Waals surface area contributed by atoms with Crippen LogP contribution in [0.4, 0.5) is 5.69 Å². The van der Waals surface area contributed by atoms with Crippen molar-refractivity contribution in [1.29, 1.82) is 0 Å². The molecule has 0 radical (unpaired) electrons. The highest BCUT2D eigenvalue weighted by Gasteiger charge is 2.44. The summed E-state index contributed by atoms with van der Waals surface area (Å²) in [4.78, 5) is 37.3. The monoisotopic (exact) mass is 444 g/mol. The summed E-state index contributed by atoms with van der Waals surface area (Å²) in [6.45, 7) is 0.169. The minimum absolute atomic E-state index is 0.00591. The molecule has 2 aromatic carbocycles. The van der Waals surface area contributed by atoms with Crippen LogP contribution in [-0.2, 0) is 24.5 Å². The Kier molecular flexibility index (Phi) is 6.01. The first-order chi connectivity index (χ1) is 14.4. The standard InChI is InChI=1S/C22H21ClN2O4S/c23-15-6-7-17-16(10-15)25-21(28)18(30-17)11-20(27)29-12-19(26)24-13-22(8-9-22)14-4-2-1-3-5-14/h1-7,10,18H,8-9,11-13H2,(H,24,26)(H,25,28). The Morgan fingerprint density at radius 2 is 1.97 bits per heavy atom. The fourth-order valence-corrected chi connectivity index (χ4v) is 4.69. The van der Waals surface area contributed by atoms with E-state index in [1.54, 1.807) is 18.2 Å². The number of anilines is 1. The van der Waals surface area contributed by atoms with E-state index in [1.165, 1.54) is 17.3 Å². The first kappa shape index (κ1) is 20.8. The van der Waals surface area contributed by atoms with Crippen LogP contribution in [0.5, 0.6) is 0 Å². The number of carbonyl (C=O) groups excluding carboxylic acids is 3. The quantitative estimate of drug-likeness (QED) is 0.638. The van der Waals surface area contributed by atoms with Crippen molar-refractivity contribution in [2.24, 2.45) is 0 Å².